The average Bonchev–Trinajstić information content (AvgIpc) is 2.83. The molecular formula is C29H42F6O. The van der Waals surface area contributed by atoms with E-state index in [0.29, 0.717) is 12.3 Å². The highest BCUT2D eigenvalue weighted by atomic mass is 19.3. The zero-order chi connectivity index (χ0) is 27.9. The molecule has 0 radical (unpaired) electrons. The van der Waals surface area contributed by atoms with E-state index in [0.717, 1.165) is 43.4 Å². The molecule has 2 rings (SSSR count). The molecule has 0 aromatic heterocycles. The molecule has 1 aliphatic carbocycles. The lowest BCUT2D eigenvalue weighted by Gasteiger charge is -2.33. The molecule has 0 saturated heterocycles. The number of benzene rings is 1. The van der Waals surface area contributed by atoms with Crippen molar-refractivity contribution in [1.82, 2.24) is 0 Å². The lowest BCUT2D eigenvalue weighted by Crippen LogP contribution is -2.46. The standard InChI is InChI=1S/C27H36F6O.C2H6/c1-17(2)7-10-19(4)20(5)25(28,29)26(30,31)21(6)34-27(32,33)24-15-13-23(14-16-24)22-11-8-18(3)9-12-22;1-2/h13-19,22H,5-12H2,1-4H3;1-2H3. The molecule has 0 spiro atoms. The highest BCUT2D eigenvalue weighted by Gasteiger charge is 2.63. The molecule has 1 nitrogen and oxygen atoms in total. The number of allylic oxidation sites excluding steroid dienone is 2. The van der Waals surface area contributed by atoms with Crippen LogP contribution in [0.25, 0.3) is 0 Å². The molecule has 206 valence electrons. The van der Waals surface area contributed by atoms with E-state index in [1.807, 2.05) is 27.7 Å². The second-order valence-electron chi connectivity index (χ2n) is 10.2. The molecule has 1 atom stereocenters. The zero-order valence-electron chi connectivity index (χ0n) is 22.5. The predicted octanol–water partition coefficient (Wildman–Crippen LogP) is 10.5. The van der Waals surface area contributed by atoms with Crippen molar-refractivity contribution in [2.24, 2.45) is 17.8 Å². The van der Waals surface area contributed by atoms with Crippen LogP contribution in [0.1, 0.15) is 97.1 Å². The summed E-state index contributed by atoms with van der Waals surface area (Å²) in [4.78, 5) is 0. The van der Waals surface area contributed by atoms with Gasteiger partial charge < -0.3 is 4.74 Å². The Hall–Kier alpha value is -1.92. The minimum Gasteiger partial charge on any atom is -0.427 e. The molecule has 1 aliphatic rings. The van der Waals surface area contributed by atoms with Crippen molar-refractivity contribution in [3.05, 3.63) is 59.9 Å². The Kier molecular flexibility index (Phi) is 11.6. The minimum atomic E-state index is -5.06. The average molecular weight is 521 g/mol. The lowest BCUT2D eigenvalue weighted by molar-refractivity contribution is -0.266. The first-order valence-corrected chi connectivity index (χ1v) is 12.9. The summed E-state index contributed by atoms with van der Waals surface area (Å²) >= 11 is 0. The van der Waals surface area contributed by atoms with Gasteiger partial charge in [0.05, 0.1) is 5.56 Å². The van der Waals surface area contributed by atoms with Gasteiger partial charge >= 0.3 is 18.0 Å². The van der Waals surface area contributed by atoms with Gasteiger partial charge in [0, 0.05) is 5.57 Å². The van der Waals surface area contributed by atoms with Crippen LogP contribution in [0, 0.1) is 17.8 Å². The van der Waals surface area contributed by atoms with Crippen LogP contribution in [0.4, 0.5) is 26.3 Å². The fourth-order valence-corrected chi connectivity index (χ4v) is 4.26. The van der Waals surface area contributed by atoms with Crippen molar-refractivity contribution in [2.75, 3.05) is 0 Å². The second kappa shape index (κ2) is 13.0. The summed E-state index contributed by atoms with van der Waals surface area (Å²) in [5.74, 6) is -11.7. The molecular weight excluding hydrogens is 478 g/mol. The minimum absolute atomic E-state index is 0.189. The molecule has 1 aromatic rings. The van der Waals surface area contributed by atoms with Gasteiger partial charge in [-0.1, -0.05) is 86.1 Å². The zero-order valence-corrected chi connectivity index (χ0v) is 22.5. The maximum atomic E-state index is 14.6. The summed E-state index contributed by atoms with van der Waals surface area (Å²) in [6.45, 7) is 17.2. The van der Waals surface area contributed by atoms with E-state index in [9.17, 15) is 26.3 Å². The highest BCUT2D eigenvalue weighted by molar-refractivity contribution is 5.29. The van der Waals surface area contributed by atoms with Gasteiger partial charge in [0.25, 0.3) is 0 Å². The number of alkyl halides is 6. The first kappa shape index (κ1) is 32.1. The van der Waals surface area contributed by atoms with E-state index in [4.69, 9.17) is 0 Å². The molecule has 0 bridgehead atoms. The van der Waals surface area contributed by atoms with Crippen molar-refractivity contribution in [1.29, 1.82) is 0 Å². The Bertz CT molecular complexity index is 836. The van der Waals surface area contributed by atoms with Crippen molar-refractivity contribution >= 4 is 0 Å². The third-order valence-electron chi connectivity index (χ3n) is 6.91. The van der Waals surface area contributed by atoms with Crippen molar-refractivity contribution in [2.45, 2.75) is 104 Å². The van der Waals surface area contributed by atoms with Crippen LogP contribution in [0.15, 0.2) is 48.8 Å². The van der Waals surface area contributed by atoms with E-state index in [-0.39, 0.29) is 18.3 Å². The lowest BCUT2D eigenvalue weighted by atomic mass is 9.79. The van der Waals surface area contributed by atoms with Gasteiger partial charge in [-0.25, -0.2) is 0 Å². The summed E-state index contributed by atoms with van der Waals surface area (Å²) in [6.07, 6.45) is 0.508. The van der Waals surface area contributed by atoms with Crippen LogP contribution >= 0.6 is 0 Å². The van der Waals surface area contributed by atoms with Gasteiger partial charge in [-0.2, -0.15) is 26.3 Å². The number of halogens is 6. The van der Waals surface area contributed by atoms with Crippen LogP contribution in [0.2, 0.25) is 0 Å². The van der Waals surface area contributed by atoms with Gasteiger partial charge in [-0.3, -0.25) is 0 Å². The highest BCUT2D eigenvalue weighted by Crippen LogP contribution is 2.49. The SMILES string of the molecule is C=C(OC(F)(F)c1ccc(C2CCC(C)CC2)cc1)C(F)(F)C(F)(F)C(=C)C(C)CCC(C)C.CC. The first-order valence-electron chi connectivity index (χ1n) is 12.9. The third kappa shape index (κ3) is 7.79. The van der Waals surface area contributed by atoms with E-state index in [2.05, 4.69) is 24.8 Å². The maximum absolute atomic E-state index is 14.6. The molecule has 1 saturated carbocycles. The molecule has 1 aromatic carbocycles. The normalized spacial score (nSPS) is 19.8. The topological polar surface area (TPSA) is 9.23 Å². The fraction of sp³-hybridized carbons (Fsp3) is 0.655. The second-order valence-corrected chi connectivity index (χ2v) is 10.2. The number of hydrogen-bond acceptors (Lipinski definition) is 1. The molecule has 1 fully saturated rings. The monoisotopic (exact) mass is 520 g/mol. The molecule has 0 aliphatic heterocycles. The number of ether oxygens (including phenoxy) is 1. The molecule has 36 heavy (non-hydrogen) atoms. The van der Waals surface area contributed by atoms with Crippen LogP contribution in [0.3, 0.4) is 0 Å². The van der Waals surface area contributed by atoms with Gasteiger partial charge in [-0.15, -0.1) is 0 Å². The fourth-order valence-electron chi connectivity index (χ4n) is 4.26. The van der Waals surface area contributed by atoms with E-state index >= 15 is 0 Å². The molecule has 0 heterocycles. The smallest absolute Gasteiger partial charge is 0.426 e. The number of hydrogen-bond donors (Lipinski definition) is 0. The van der Waals surface area contributed by atoms with Crippen LogP contribution in [0.5, 0.6) is 0 Å². The van der Waals surface area contributed by atoms with E-state index < -0.39 is 40.8 Å². The Labute approximate surface area is 213 Å². The first-order chi connectivity index (χ1) is 16.6. The van der Waals surface area contributed by atoms with E-state index in [1.165, 1.54) is 19.1 Å². The van der Waals surface area contributed by atoms with Gasteiger partial charge in [0.15, 0.2) is 5.76 Å². The summed E-state index contributed by atoms with van der Waals surface area (Å²) in [5, 5.41) is 0. The van der Waals surface area contributed by atoms with Crippen LogP contribution in [-0.4, -0.2) is 11.8 Å². The molecule has 0 N–H and O–H groups in total. The third-order valence-corrected chi connectivity index (χ3v) is 6.91. The predicted molar refractivity (Wildman–Crippen MR) is 135 cm³/mol. The number of rotatable bonds is 11. The Balaban J connectivity index is 0.00000316. The largest absolute Gasteiger partial charge is 0.427 e. The van der Waals surface area contributed by atoms with Crippen molar-refractivity contribution < 1.29 is 31.1 Å². The maximum Gasteiger partial charge on any atom is 0.426 e. The Morgan fingerprint density at radius 1 is 0.861 bits per heavy atom. The molecule has 1 unspecified atom stereocenters. The van der Waals surface area contributed by atoms with Crippen molar-refractivity contribution in [3.63, 3.8) is 0 Å². The van der Waals surface area contributed by atoms with E-state index in [1.54, 1.807) is 0 Å². The molecule has 0 amide bonds. The summed E-state index contributed by atoms with van der Waals surface area (Å²) in [7, 11) is 0. The quantitative estimate of drug-likeness (QED) is 0.160. The summed E-state index contributed by atoms with van der Waals surface area (Å²) in [6, 6.07) is 5.20. The summed E-state index contributed by atoms with van der Waals surface area (Å²) < 4.78 is 91.9. The Morgan fingerprint density at radius 2 is 1.36 bits per heavy atom. The molecule has 7 heteroatoms. The summed E-state index contributed by atoms with van der Waals surface area (Å²) in [5.41, 5.74) is -0.851. The van der Waals surface area contributed by atoms with Crippen LogP contribution in [-0.2, 0) is 10.8 Å². The van der Waals surface area contributed by atoms with Gasteiger partial charge in [0.1, 0.15) is 0 Å². The van der Waals surface area contributed by atoms with Gasteiger partial charge in [-0.05, 0) is 60.6 Å². The van der Waals surface area contributed by atoms with Gasteiger partial charge in [0.2, 0.25) is 0 Å². The van der Waals surface area contributed by atoms with Crippen LogP contribution < -0.4 is 0 Å². The van der Waals surface area contributed by atoms with Crippen molar-refractivity contribution in [3.8, 4) is 0 Å². The Morgan fingerprint density at radius 3 is 1.83 bits per heavy atom.